The fourth-order valence-corrected chi connectivity index (χ4v) is 3.38. The van der Waals surface area contributed by atoms with Crippen molar-refractivity contribution in [2.75, 3.05) is 23.0 Å². The van der Waals surface area contributed by atoms with Crippen LogP contribution in [-0.2, 0) is 4.79 Å². The first kappa shape index (κ1) is 11.6. The Balaban J connectivity index is 1.95. The quantitative estimate of drug-likeness (QED) is 0.726. The van der Waals surface area contributed by atoms with Crippen LogP contribution in [0.2, 0.25) is 0 Å². The zero-order valence-electron chi connectivity index (χ0n) is 10.1. The van der Waals surface area contributed by atoms with Gasteiger partial charge in [-0.2, -0.15) is 11.8 Å². The number of aryl methyl sites for hydroxylation is 1. The number of imide groups is 1. The molecule has 5 heteroatoms. The van der Waals surface area contributed by atoms with Crippen molar-refractivity contribution in [1.82, 2.24) is 4.90 Å². The Morgan fingerprint density at radius 3 is 2.61 bits per heavy atom. The first-order valence-electron chi connectivity index (χ1n) is 5.97. The predicted octanol–water partition coefficient (Wildman–Crippen LogP) is 1.88. The molecule has 1 aromatic carbocycles. The Bertz CT molecular complexity index is 476. The highest BCUT2D eigenvalue weighted by Gasteiger charge is 2.46. The van der Waals surface area contributed by atoms with Crippen molar-refractivity contribution in [1.29, 1.82) is 0 Å². The summed E-state index contributed by atoms with van der Waals surface area (Å²) in [5.74, 6) is 1.54. The summed E-state index contributed by atoms with van der Waals surface area (Å²) in [7, 11) is 0. The van der Waals surface area contributed by atoms with E-state index in [0.29, 0.717) is 18.0 Å². The van der Waals surface area contributed by atoms with Gasteiger partial charge in [-0.3, -0.25) is 4.79 Å². The maximum atomic E-state index is 12.3. The Morgan fingerprint density at radius 1 is 1.22 bits per heavy atom. The molecule has 2 aliphatic rings. The van der Waals surface area contributed by atoms with E-state index in [-0.39, 0.29) is 18.0 Å². The minimum absolute atomic E-state index is 0.0870. The fourth-order valence-electron chi connectivity index (χ4n) is 2.34. The molecule has 1 atom stereocenters. The lowest BCUT2D eigenvalue weighted by atomic mass is 10.2. The van der Waals surface area contributed by atoms with Crippen LogP contribution in [0.1, 0.15) is 5.56 Å². The van der Waals surface area contributed by atoms with E-state index < -0.39 is 0 Å². The van der Waals surface area contributed by atoms with E-state index in [1.807, 2.05) is 31.2 Å². The highest BCUT2D eigenvalue weighted by molar-refractivity contribution is 7.99. The molecule has 3 amide bonds. The first-order valence-corrected chi connectivity index (χ1v) is 7.13. The number of urea groups is 1. The highest BCUT2D eigenvalue weighted by Crippen LogP contribution is 2.29. The standard InChI is InChI=1S/C13H14N2O2S/c1-9-2-4-10(5-3-9)15-12(16)11-8-18-7-6-14(11)13(15)17/h2-5,11H,6-8H2,1H3. The summed E-state index contributed by atoms with van der Waals surface area (Å²) in [5.41, 5.74) is 1.79. The second-order valence-electron chi connectivity index (χ2n) is 4.58. The Hall–Kier alpha value is -1.49. The van der Waals surface area contributed by atoms with Crippen LogP contribution in [0.4, 0.5) is 10.5 Å². The van der Waals surface area contributed by atoms with Crippen molar-refractivity contribution < 1.29 is 9.59 Å². The molecule has 18 heavy (non-hydrogen) atoms. The van der Waals surface area contributed by atoms with Gasteiger partial charge in [0.05, 0.1) is 5.69 Å². The minimum atomic E-state index is -0.266. The number of amides is 3. The van der Waals surface area contributed by atoms with Crippen LogP contribution in [0.3, 0.4) is 0 Å². The summed E-state index contributed by atoms with van der Waals surface area (Å²) in [6.07, 6.45) is 0. The van der Waals surface area contributed by atoms with Crippen molar-refractivity contribution in [3.63, 3.8) is 0 Å². The number of anilines is 1. The average molecular weight is 262 g/mol. The molecule has 3 rings (SSSR count). The molecule has 0 bridgehead atoms. The number of thioether (sulfide) groups is 1. The monoisotopic (exact) mass is 262 g/mol. The number of nitrogens with zero attached hydrogens (tertiary/aromatic N) is 2. The summed E-state index contributed by atoms with van der Waals surface area (Å²) >= 11 is 1.74. The fraction of sp³-hybridized carbons (Fsp3) is 0.385. The smallest absolute Gasteiger partial charge is 0.310 e. The van der Waals surface area contributed by atoms with Gasteiger partial charge < -0.3 is 4.90 Å². The van der Waals surface area contributed by atoms with E-state index in [2.05, 4.69) is 0 Å². The summed E-state index contributed by atoms with van der Waals surface area (Å²) in [6, 6.07) is 7.06. The van der Waals surface area contributed by atoms with Crippen LogP contribution in [0, 0.1) is 6.92 Å². The molecular formula is C13H14N2O2S. The van der Waals surface area contributed by atoms with Crippen molar-refractivity contribution in [2.45, 2.75) is 13.0 Å². The van der Waals surface area contributed by atoms with Crippen molar-refractivity contribution in [3.05, 3.63) is 29.8 Å². The summed E-state index contributed by atoms with van der Waals surface area (Å²) < 4.78 is 0. The van der Waals surface area contributed by atoms with Crippen LogP contribution in [0.15, 0.2) is 24.3 Å². The molecule has 0 aliphatic carbocycles. The van der Waals surface area contributed by atoms with Gasteiger partial charge in [0.15, 0.2) is 0 Å². The Kier molecular flexibility index (Phi) is 2.78. The number of hydrogen-bond acceptors (Lipinski definition) is 3. The van der Waals surface area contributed by atoms with Crippen molar-refractivity contribution in [2.24, 2.45) is 0 Å². The summed E-state index contributed by atoms with van der Waals surface area (Å²) in [4.78, 5) is 27.6. The third kappa shape index (κ3) is 1.70. The molecule has 0 spiro atoms. The molecule has 0 aromatic heterocycles. The van der Waals surface area contributed by atoms with Gasteiger partial charge in [-0.25, -0.2) is 9.69 Å². The maximum Gasteiger partial charge on any atom is 0.332 e. The van der Waals surface area contributed by atoms with Crippen molar-refractivity contribution in [3.8, 4) is 0 Å². The molecule has 0 saturated carbocycles. The van der Waals surface area contributed by atoms with Crippen LogP contribution < -0.4 is 4.90 Å². The zero-order chi connectivity index (χ0) is 12.7. The first-order chi connectivity index (χ1) is 8.68. The van der Waals surface area contributed by atoms with Gasteiger partial charge in [0.2, 0.25) is 0 Å². The predicted molar refractivity (Wildman–Crippen MR) is 71.9 cm³/mol. The van der Waals surface area contributed by atoms with Gasteiger partial charge in [0.1, 0.15) is 6.04 Å². The molecule has 2 heterocycles. The van der Waals surface area contributed by atoms with E-state index in [4.69, 9.17) is 0 Å². The number of rotatable bonds is 1. The second-order valence-corrected chi connectivity index (χ2v) is 5.73. The van der Waals surface area contributed by atoms with E-state index in [1.165, 1.54) is 4.90 Å². The minimum Gasteiger partial charge on any atom is -0.310 e. The number of hydrogen-bond donors (Lipinski definition) is 0. The third-order valence-corrected chi connectivity index (χ3v) is 4.39. The normalized spacial score (nSPS) is 23.5. The number of carbonyl (C=O) groups is 2. The lowest BCUT2D eigenvalue weighted by molar-refractivity contribution is -0.119. The van der Waals surface area contributed by atoms with E-state index in [9.17, 15) is 9.59 Å². The molecule has 0 N–H and O–H groups in total. The maximum absolute atomic E-state index is 12.3. The molecule has 94 valence electrons. The molecule has 2 aliphatic heterocycles. The summed E-state index contributed by atoms with van der Waals surface area (Å²) in [5, 5.41) is 0. The molecule has 0 radical (unpaired) electrons. The lowest BCUT2D eigenvalue weighted by Crippen LogP contribution is -2.41. The van der Waals surface area contributed by atoms with Crippen LogP contribution >= 0.6 is 11.8 Å². The molecule has 4 nitrogen and oxygen atoms in total. The largest absolute Gasteiger partial charge is 0.332 e. The van der Waals surface area contributed by atoms with Gasteiger partial charge in [0.25, 0.3) is 5.91 Å². The zero-order valence-corrected chi connectivity index (χ0v) is 10.9. The molecule has 1 aromatic rings. The highest BCUT2D eigenvalue weighted by atomic mass is 32.2. The molecule has 2 fully saturated rings. The lowest BCUT2D eigenvalue weighted by Gasteiger charge is -2.25. The SMILES string of the molecule is Cc1ccc(N2C(=O)C3CSCCN3C2=O)cc1. The van der Waals surface area contributed by atoms with Gasteiger partial charge in [-0.15, -0.1) is 0 Å². The number of carbonyl (C=O) groups excluding carboxylic acids is 2. The number of fused-ring (bicyclic) bond motifs is 1. The average Bonchev–Trinajstić information content (AvgIpc) is 2.64. The molecule has 1 unspecified atom stereocenters. The van der Waals surface area contributed by atoms with E-state index >= 15 is 0 Å². The van der Waals surface area contributed by atoms with Gasteiger partial charge in [0, 0.05) is 18.1 Å². The van der Waals surface area contributed by atoms with Crippen molar-refractivity contribution >= 4 is 29.4 Å². The van der Waals surface area contributed by atoms with Crippen LogP contribution in [0.5, 0.6) is 0 Å². The molecule has 2 saturated heterocycles. The topological polar surface area (TPSA) is 40.6 Å². The second kappa shape index (κ2) is 4.31. The van der Waals surface area contributed by atoms with E-state index in [1.54, 1.807) is 16.7 Å². The van der Waals surface area contributed by atoms with Crippen LogP contribution in [0.25, 0.3) is 0 Å². The summed E-state index contributed by atoms with van der Waals surface area (Å²) in [6.45, 7) is 2.65. The third-order valence-electron chi connectivity index (χ3n) is 3.36. The van der Waals surface area contributed by atoms with Gasteiger partial charge >= 0.3 is 6.03 Å². The van der Waals surface area contributed by atoms with E-state index in [0.717, 1.165) is 11.3 Å². The Labute approximate surface area is 110 Å². The van der Waals surface area contributed by atoms with Gasteiger partial charge in [-0.05, 0) is 19.1 Å². The van der Waals surface area contributed by atoms with Gasteiger partial charge in [-0.1, -0.05) is 17.7 Å². The van der Waals surface area contributed by atoms with Crippen LogP contribution in [-0.4, -0.2) is 40.9 Å². The number of benzene rings is 1. The molecular weight excluding hydrogens is 248 g/mol. The Morgan fingerprint density at radius 2 is 1.94 bits per heavy atom.